The molecule has 1 fully saturated rings. The Morgan fingerprint density at radius 2 is 1.71 bits per heavy atom. The van der Waals surface area contributed by atoms with Gasteiger partial charge in [0.2, 0.25) is 5.91 Å². The molecule has 0 spiro atoms. The van der Waals surface area contributed by atoms with Crippen molar-refractivity contribution >= 4 is 39.6 Å². The lowest BCUT2D eigenvalue weighted by molar-refractivity contribution is -0.111. The van der Waals surface area contributed by atoms with E-state index in [4.69, 9.17) is 4.74 Å². The zero-order chi connectivity index (χ0) is 21.8. The number of methoxy groups -OCH3 is 1. The molecule has 0 bridgehead atoms. The predicted octanol–water partition coefficient (Wildman–Crippen LogP) is 5.27. The van der Waals surface area contributed by atoms with Gasteiger partial charge in [-0.1, -0.05) is 36.4 Å². The van der Waals surface area contributed by atoms with Crippen LogP contribution in [0.1, 0.15) is 35.7 Å². The molecule has 5 nitrogen and oxygen atoms in total. The fourth-order valence-corrected chi connectivity index (χ4v) is 3.98. The summed E-state index contributed by atoms with van der Waals surface area (Å²) in [6.45, 7) is 3.86. The van der Waals surface area contributed by atoms with Crippen LogP contribution in [0.25, 0.3) is 16.3 Å². The third kappa shape index (κ3) is 4.61. The van der Waals surface area contributed by atoms with Crippen molar-refractivity contribution in [1.82, 2.24) is 0 Å². The minimum absolute atomic E-state index is 0.283. The van der Waals surface area contributed by atoms with Crippen LogP contribution in [-0.4, -0.2) is 32.1 Å². The number of carbonyl (C=O) groups excluding carboxylic acids is 2. The normalized spacial score (nSPS) is 14.0. The third-order valence-corrected chi connectivity index (χ3v) is 5.69. The molecule has 0 aliphatic carbocycles. The van der Waals surface area contributed by atoms with Gasteiger partial charge < -0.3 is 15.0 Å². The number of amides is 1. The first-order valence-corrected chi connectivity index (χ1v) is 10.5. The van der Waals surface area contributed by atoms with Gasteiger partial charge in [-0.3, -0.25) is 4.79 Å². The number of anilines is 2. The summed E-state index contributed by atoms with van der Waals surface area (Å²) in [4.78, 5) is 27.3. The van der Waals surface area contributed by atoms with Crippen molar-refractivity contribution in [2.45, 2.75) is 19.8 Å². The first kappa shape index (κ1) is 20.7. The Balaban J connectivity index is 1.59. The van der Waals surface area contributed by atoms with Crippen LogP contribution in [-0.2, 0) is 9.53 Å². The molecule has 1 saturated heterocycles. The molecule has 5 heteroatoms. The van der Waals surface area contributed by atoms with Crippen molar-refractivity contribution < 1.29 is 14.3 Å². The molecule has 1 heterocycles. The largest absolute Gasteiger partial charge is 0.465 e. The Labute approximate surface area is 182 Å². The average Bonchev–Trinajstić information content (AvgIpc) is 3.33. The molecule has 0 radical (unpaired) electrons. The quantitative estimate of drug-likeness (QED) is 0.456. The second kappa shape index (κ2) is 9.04. The molecule has 1 aliphatic heterocycles. The minimum atomic E-state index is -0.474. The van der Waals surface area contributed by atoms with E-state index in [1.165, 1.54) is 7.11 Å². The zero-order valence-electron chi connectivity index (χ0n) is 17.9. The van der Waals surface area contributed by atoms with E-state index in [0.717, 1.165) is 53.5 Å². The highest BCUT2D eigenvalue weighted by Crippen LogP contribution is 2.28. The number of carbonyl (C=O) groups is 2. The third-order valence-electron chi connectivity index (χ3n) is 5.69. The molecule has 1 N–H and O–H groups in total. The fourth-order valence-electron chi connectivity index (χ4n) is 3.98. The van der Waals surface area contributed by atoms with Crippen molar-refractivity contribution in [3.05, 3.63) is 77.9 Å². The van der Waals surface area contributed by atoms with E-state index in [1.807, 2.05) is 37.3 Å². The molecule has 0 atom stereocenters. The maximum absolute atomic E-state index is 12.8. The molecule has 0 saturated carbocycles. The van der Waals surface area contributed by atoms with Crippen LogP contribution in [0.5, 0.6) is 0 Å². The standard InChI is InChI=1S/C26H26N2O3/c1-18(20-10-9-19-7-3-4-8-21(19)16-20)15-25(29)27-24-17-22(28-13-5-6-14-28)11-12-23(24)26(30)31-2/h3-4,7-12,15-17H,5-6,13-14H2,1-2H3,(H,27,29)/b18-15-. The van der Waals surface area contributed by atoms with Gasteiger partial charge in [0.25, 0.3) is 0 Å². The van der Waals surface area contributed by atoms with Crippen LogP contribution < -0.4 is 10.2 Å². The van der Waals surface area contributed by atoms with Crippen LogP contribution in [0.4, 0.5) is 11.4 Å². The summed E-state index contributed by atoms with van der Waals surface area (Å²) in [5, 5.41) is 5.17. The van der Waals surface area contributed by atoms with Crippen LogP contribution in [0.3, 0.4) is 0 Å². The SMILES string of the molecule is COC(=O)c1ccc(N2CCCC2)cc1NC(=O)/C=C(/C)c1ccc2ccccc2c1. The molecule has 3 aromatic rings. The van der Waals surface area contributed by atoms with Crippen molar-refractivity contribution in [3.8, 4) is 0 Å². The van der Waals surface area contributed by atoms with Crippen LogP contribution >= 0.6 is 0 Å². The monoisotopic (exact) mass is 414 g/mol. The molecule has 0 unspecified atom stereocenters. The lowest BCUT2D eigenvalue weighted by atomic mass is 10.0. The van der Waals surface area contributed by atoms with Gasteiger partial charge in [0.15, 0.2) is 0 Å². The molecular formula is C26H26N2O3. The lowest BCUT2D eigenvalue weighted by Gasteiger charge is -2.19. The molecule has 4 rings (SSSR count). The summed E-state index contributed by atoms with van der Waals surface area (Å²) in [5.74, 6) is -0.757. The van der Waals surface area contributed by atoms with Gasteiger partial charge in [-0.05, 0) is 65.9 Å². The number of esters is 1. The van der Waals surface area contributed by atoms with E-state index in [0.29, 0.717) is 11.3 Å². The number of ether oxygens (including phenoxy) is 1. The van der Waals surface area contributed by atoms with E-state index in [-0.39, 0.29) is 5.91 Å². The Hall–Kier alpha value is -3.60. The molecule has 1 amide bonds. The van der Waals surface area contributed by atoms with Crippen LogP contribution in [0, 0.1) is 0 Å². The first-order chi connectivity index (χ1) is 15.0. The molecule has 1 aliphatic rings. The van der Waals surface area contributed by atoms with Crippen molar-refractivity contribution in [2.75, 3.05) is 30.4 Å². The van der Waals surface area contributed by atoms with E-state index in [2.05, 4.69) is 34.5 Å². The summed E-state index contributed by atoms with van der Waals surface area (Å²) >= 11 is 0. The number of nitrogens with zero attached hydrogens (tertiary/aromatic N) is 1. The van der Waals surface area contributed by atoms with Gasteiger partial charge in [-0.25, -0.2) is 4.79 Å². The Morgan fingerprint density at radius 1 is 0.968 bits per heavy atom. The second-order valence-corrected chi connectivity index (χ2v) is 7.79. The van der Waals surface area contributed by atoms with Crippen LogP contribution in [0.2, 0.25) is 0 Å². The van der Waals surface area contributed by atoms with Gasteiger partial charge in [0, 0.05) is 24.9 Å². The maximum atomic E-state index is 12.8. The van der Waals surface area contributed by atoms with Crippen molar-refractivity contribution in [3.63, 3.8) is 0 Å². The Morgan fingerprint density at radius 3 is 2.45 bits per heavy atom. The first-order valence-electron chi connectivity index (χ1n) is 10.5. The average molecular weight is 415 g/mol. The summed E-state index contributed by atoms with van der Waals surface area (Å²) in [6, 6.07) is 19.7. The highest BCUT2D eigenvalue weighted by atomic mass is 16.5. The Kier molecular flexibility index (Phi) is 6.03. The van der Waals surface area contributed by atoms with Gasteiger partial charge in [-0.2, -0.15) is 0 Å². The second-order valence-electron chi connectivity index (χ2n) is 7.79. The number of benzene rings is 3. The number of rotatable bonds is 5. The van der Waals surface area contributed by atoms with Gasteiger partial charge >= 0.3 is 5.97 Å². The number of fused-ring (bicyclic) bond motifs is 1. The number of hydrogen-bond donors (Lipinski definition) is 1. The predicted molar refractivity (Wildman–Crippen MR) is 125 cm³/mol. The topological polar surface area (TPSA) is 58.6 Å². The highest BCUT2D eigenvalue weighted by Gasteiger charge is 2.18. The van der Waals surface area contributed by atoms with Gasteiger partial charge in [0.05, 0.1) is 18.4 Å². The zero-order valence-corrected chi connectivity index (χ0v) is 17.9. The fraction of sp³-hybridized carbons (Fsp3) is 0.231. The Bertz CT molecular complexity index is 1160. The number of allylic oxidation sites excluding steroid dienone is 1. The van der Waals surface area contributed by atoms with Crippen LogP contribution in [0.15, 0.2) is 66.7 Å². The smallest absolute Gasteiger partial charge is 0.339 e. The van der Waals surface area contributed by atoms with Gasteiger partial charge in [-0.15, -0.1) is 0 Å². The number of nitrogens with one attached hydrogen (secondary N) is 1. The molecule has 31 heavy (non-hydrogen) atoms. The summed E-state index contributed by atoms with van der Waals surface area (Å²) in [6.07, 6.45) is 3.86. The van der Waals surface area contributed by atoms with E-state index in [9.17, 15) is 9.59 Å². The summed E-state index contributed by atoms with van der Waals surface area (Å²) < 4.78 is 4.90. The lowest BCUT2D eigenvalue weighted by Crippen LogP contribution is -2.19. The molecule has 0 aromatic heterocycles. The van der Waals surface area contributed by atoms with Crippen molar-refractivity contribution in [1.29, 1.82) is 0 Å². The molecular weight excluding hydrogens is 388 g/mol. The molecule has 3 aromatic carbocycles. The number of hydrogen-bond acceptors (Lipinski definition) is 4. The minimum Gasteiger partial charge on any atom is -0.465 e. The maximum Gasteiger partial charge on any atom is 0.339 e. The van der Waals surface area contributed by atoms with E-state index in [1.54, 1.807) is 12.1 Å². The van der Waals surface area contributed by atoms with Crippen molar-refractivity contribution in [2.24, 2.45) is 0 Å². The highest BCUT2D eigenvalue weighted by molar-refractivity contribution is 6.08. The summed E-state index contributed by atoms with van der Waals surface area (Å²) in [7, 11) is 1.34. The van der Waals surface area contributed by atoms with Gasteiger partial charge in [0.1, 0.15) is 0 Å². The summed E-state index contributed by atoms with van der Waals surface area (Å²) in [5.41, 5.74) is 3.63. The van der Waals surface area contributed by atoms with E-state index < -0.39 is 5.97 Å². The van der Waals surface area contributed by atoms with E-state index >= 15 is 0 Å². The molecule has 158 valence electrons.